The SMILES string of the molecule is Cc1cccc(OCC2=NS(=O)(=O)C(N)=C2)c1. The Morgan fingerprint density at radius 3 is 2.76 bits per heavy atom. The summed E-state index contributed by atoms with van der Waals surface area (Å²) < 4.78 is 31.3. The molecule has 5 nitrogen and oxygen atoms in total. The molecular formula is C11H12N2O3S. The Hall–Kier alpha value is -1.82. The van der Waals surface area contributed by atoms with Crippen LogP contribution in [0.4, 0.5) is 0 Å². The lowest BCUT2D eigenvalue weighted by molar-refractivity contribution is 0.377. The quantitative estimate of drug-likeness (QED) is 0.868. The molecule has 1 aliphatic rings. The van der Waals surface area contributed by atoms with Crippen LogP contribution in [0.1, 0.15) is 5.56 Å². The van der Waals surface area contributed by atoms with Crippen molar-refractivity contribution in [3.05, 3.63) is 40.9 Å². The molecule has 17 heavy (non-hydrogen) atoms. The summed E-state index contributed by atoms with van der Waals surface area (Å²) >= 11 is 0. The van der Waals surface area contributed by atoms with Gasteiger partial charge in [0.1, 0.15) is 12.4 Å². The number of aryl methyl sites for hydroxylation is 1. The number of hydrogen-bond donors (Lipinski definition) is 1. The second-order valence-electron chi connectivity index (χ2n) is 3.71. The van der Waals surface area contributed by atoms with E-state index in [9.17, 15) is 8.42 Å². The largest absolute Gasteiger partial charge is 0.487 e. The molecule has 1 aromatic carbocycles. The van der Waals surface area contributed by atoms with Gasteiger partial charge in [0.2, 0.25) is 0 Å². The maximum atomic E-state index is 11.2. The van der Waals surface area contributed by atoms with E-state index in [-0.39, 0.29) is 11.6 Å². The molecule has 0 aliphatic carbocycles. The first-order valence-electron chi connectivity index (χ1n) is 4.98. The van der Waals surface area contributed by atoms with E-state index in [4.69, 9.17) is 10.5 Å². The maximum absolute atomic E-state index is 11.2. The van der Waals surface area contributed by atoms with E-state index < -0.39 is 10.0 Å². The Morgan fingerprint density at radius 2 is 2.18 bits per heavy atom. The fraction of sp³-hybridized carbons (Fsp3) is 0.182. The summed E-state index contributed by atoms with van der Waals surface area (Å²) in [5.74, 6) is 0.670. The molecule has 2 rings (SSSR count). The number of ether oxygens (including phenoxy) is 1. The lowest BCUT2D eigenvalue weighted by atomic mass is 10.2. The van der Waals surface area contributed by atoms with Gasteiger partial charge in [-0.25, -0.2) is 0 Å². The molecule has 90 valence electrons. The summed E-state index contributed by atoms with van der Waals surface area (Å²) in [7, 11) is -3.64. The third-order valence-corrected chi connectivity index (χ3v) is 3.41. The summed E-state index contributed by atoms with van der Waals surface area (Å²) in [6, 6.07) is 7.46. The van der Waals surface area contributed by atoms with E-state index in [0.29, 0.717) is 11.5 Å². The molecule has 0 fully saturated rings. The number of nitrogens with two attached hydrogens (primary N) is 1. The zero-order valence-corrected chi connectivity index (χ0v) is 10.1. The van der Waals surface area contributed by atoms with Gasteiger partial charge in [-0.15, -0.1) is 0 Å². The van der Waals surface area contributed by atoms with Gasteiger partial charge in [-0.1, -0.05) is 12.1 Å². The average Bonchev–Trinajstić information content (AvgIpc) is 2.50. The summed E-state index contributed by atoms with van der Waals surface area (Å²) in [4.78, 5) is 0. The normalized spacial score (nSPS) is 17.5. The molecule has 1 aromatic rings. The topological polar surface area (TPSA) is 81.8 Å². The molecule has 2 N–H and O–H groups in total. The van der Waals surface area contributed by atoms with Gasteiger partial charge in [0.05, 0.1) is 5.71 Å². The van der Waals surface area contributed by atoms with Crippen molar-refractivity contribution in [1.29, 1.82) is 0 Å². The van der Waals surface area contributed by atoms with Crippen LogP contribution in [0.3, 0.4) is 0 Å². The highest BCUT2D eigenvalue weighted by Crippen LogP contribution is 2.15. The minimum atomic E-state index is -3.64. The van der Waals surface area contributed by atoms with E-state index >= 15 is 0 Å². The van der Waals surface area contributed by atoms with E-state index in [1.165, 1.54) is 6.08 Å². The van der Waals surface area contributed by atoms with Crippen LogP contribution in [0.5, 0.6) is 5.75 Å². The first kappa shape index (κ1) is 11.7. The van der Waals surface area contributed by atoms with Gasteiger partial charge in [-0.05, 0) is 24.6 Å². The molecule has 0 saturated carbocycles. The van der Waals surface area contributed by atoms with Crippen molar-refractivity contribution in [3.63, 3.8) is 0 Å². The van der Waals surface area contributed by atoms with Gasteiger partial charge < -0.3 is 10.5 Å². The smallest absolute Gasteiger partial charge is 0.297 e. The van der Waals surface area contributed by atoms with Crippen molar-refractivity contribution in [2.45, 2.75) is 6.92 Å². The Morgan fingerprint density at radius 1 is 1.41 bits per heavy atom. The molecule has 0 saturated heterocycles. The molecule has 0 spiro atoms. The highest BCUT2D eigenvalue weighted by atomic mass is 32.2. The second-order valence-corrected chi connectivity index (χ2v) is 5.31. The molecule has 0 bridgehead atoms. The summed E-state index contributed by atoms with van der Waals surface area (Å²) in [6.07, 6.45) is 1.31. The molecule has 1 aliphatic heterocycles. The maximum Gasteiger partial charge on any atom is 0.297 e. The third kappa shape index (κ3) is 2.65. The monoisotopic (exact) mass is 252 g/mol. The first-order valence-corrected chi connectivity index (χ1v) is 6.42. The fourth-order valence-corrected chi connectivity index (χ4v) is 2.21. The van der Waals surface area contributed by atoms with Gasteiger partial charge >= 0.3 is 0 Å². The Kier molecular flexibility index (Phi) is 2.89. The lowest BCUT2D eigenvalue weighted by Crippen LogP contribution is -2.07. The number of rotatable bonds is 3. The Bertz CT molecular complexity index is 603. The van der Waals surface area contributed by atoms with Crippen LogP contribution in [0.15, 0.2) is 39.8 Å². The van der Waals surface area contributed by atoms with Crippen LogP contribution >= 0.6 is 0 Å². The fourth-order valence-electron chi connectivity index (χ4n) is 1.40. The summed E-state index contributed by atoms with van der Waals surface area (Å²) in [5.41, 5.74) is 6.68. The van der Waals surface area contributed by atoms with Crippen LogP contribution in [0, 0.1) is 6.92 Å². The Labute approximate surface area is 99.7 Å². The molecule has 0 aromatic heterocycles. The van der Waals surface area contributed by atoms with Gasteiger partial charge in [0.15, 0.2) is 5.03 Å². The van der Waals surface area contributed by atoms with Gasteiger partial charge in [-0.3, -0.25) is 0 Å². The van der Waals surface area contributed by atoms with E-state index in [0.717, 1.165) is 5.56 Å². The highest BCUT2D eigenvalue weighted by Gasteiger charge is 2.21. The van der Waals surface area contributed by atoms with Crippen molar-refractivity contribution in [2.24, 2.45) is 10.1 Å². The van der Waals surface area contributed by atoms with Crippen LogP contribution in [-0.4, -0.2) is 20.7 Å². The van der Waals surface area contributed by atoms with E-state index in [1.807, 2.05) is 25.1 Å². The first-order chi connectivity index (χ1) is 7.97. The molecule has 1 heterocycles. The zero-order valence-electron chi connectivity index (χ0n) is 9.25. The molecule has 0 amide bonds. The minimum Gasteiger partial charge on any atom is -0.487 e. The van der Waals surface area contributed by atoms with Crippen LogP contribution < -0.4 is 10.5 Å². The predicted octanol–water partition coefficient (Wildman–Crippen LogP) is 0.958. The molecule has 0 radical (unpaired) electrons. The summed E-state index contributed by atoms with van der Waals surface area (Å²) in [6.45, 7) is 2.03. The second kappa shape index (κ2) is 4.21. The standard InChI is InChI=1S/C11H12N2O3S/c1-8-3-2-4-10(5-8)16-7-9-6-11(12)17(14,15)13-9/h2-6H,7,12H2,1H3. The molecule has 6 heteroatoms. The van der Waals surface area contributed by atoms with Crippen molar-refractivity contribution in [1.82, 2.24) is 0 Å². The van der Waals surface area contributed by atoms with Crippen molar-refractivity contribution in [3.8, 4) is 5.75 Å². The zero-order chi connectivity index (χ0) is 12.5. The molecule has 0 unspecified atom stereocenters. The number of nitrogens with zero attached hydrogens (tertiary/aromatic N) is 1. The third-order valence-electron chi connectivity index (χ3n) is 2.22. The predicted molar refractivity (Wildman–Crippen MR) is 65.3 cm³/mol. The highest BCUT2D eigenvalue weighted by molar-refractivity contribution is 7.94. The Balaban J connectivity index is 2.06. The van der Waals surface area contributed by atoms with Crippen LogP contribution in [-0.2, 0) is 10.0 Å². The average molecular weight is 252 g/mol. The molecule has 0 atom stereocenters. The van der Waals surface area contributed by atoms with Crippen LogP contribution in [0.2, 0.25) is 0 Å². The van der Waals surface area contributed by atoms with Gasteiger partial charge in [0.25, 0.3) is 10.0 Å². The van der Waals surface area contributed by atoms with Crippen molar-refractivity contribution in [2.75, 3.05) is 6.61 Å². The van der Waals surface area contributed by atoms with E-state index in [2.05, 4.69) is 4.40 Å². The van der Waals surface area contributed by atoms with Gasteiger partial charge in [-0.2, -0.15) is 12.8 Å². The summed E-state index contributed by atoms with van der Waals surface area (Å²) in [5, 5.41) is -0.236. The molecular weight excluding hydrogens is 240 g/mol. The number of sulfonamides is 1. The van der Waals surface area contributed by atoms with Crippen molar-refractivity contribution < 1.29 is 13.2 Å². The number of benzene rings is 1. The number of hydrogen-bond acceptors (Lipinski definition) is 4. The van der Waals surface area contributed by atoms with E-state index in [1.54, 1.807) is 6.07 Å². The van der Waals surface area contributed by atoms with Crippen molar-refractivity contribution >= 4 is 15.7 Å². The lowest BCUT2D eigenvalue weighted by Gasteiger charge is -2.04. The minimum absolute atomic E-state index is 0.0867. The van der Waals surface area contributed by atoms with Gasteiger partial charge in [0, 0.05) is 6.08 Å². The van der Waals surface area contributed by atoms with Crippen LogP contribution in [0.25, 0.3) is 0 Å².